The molecule has 0 saturated heterocycles. The summed E-state index contributed by atoms with van der Waals surface area (Å²) >= 11 is 0. The van der Waals surface area contributed by atoms with E-state index in [9.17, 15) is 9.59 Å². The molecule has 0 saturated carbocycles. The Bertz CT molecular complexity index is 1160. The molecule has 158 valence electrons. The highest BCUT2D eigenvalue weighted by atomic mass is 16.5. The number of fused-ring (bicyclic) bond motifs is 2. The number of nitrogens with zero attached hydrogens (tertiary/aromatic N) is 1. The van der Waals surface area contributed by atoms with Crippen molar-refractivity contribution in [3.8, 4) is 23.0 Å². The number of rotatable bonds is 5. The number of anilines is 2. The number of benzene rings is 3. The SMILES string of the molecule is CCN1C(=O)c2cc(NC(=O)c3ccc(OC)c(OC)c3)ccc2Oc2ccccc21. The summed E-state index contributed by atoms with van der Waals surface area (Å²) in [5.74, 6) is 1.52. The zero-order valence-corrected chi connectivity index (χ0v) is 17.5. The molecule has 2 amide bonds. The molecule has 4 rings (SSSR count). The standard InChI is InChI=1S/C24H22N2O5/c1-4-26-18-7-5-6-8-20(18)31-19-12-10-16(14-17(19)24(26)28)25-23(27)15-9-11-21(29-2)22(13-15)30-3/h5-14H,4H2,1-3H3,(H,25,27). The van der Waals surface area contributed by atoms with Crippen molar-refractivity contribution in [2.45, 2.75) is 6.92 Å². The van der Waals surface area contributed by atoms with Gasteiger partial charge in [0.15, 0.2) is 17.2 Å². The predicted molar refractivity (Wildman–Crippen MR) is 118 cm³/mol. The highest BCUT2D eigenvalue weighted by Gasteiger charge is 2.27. The fourth-order valence-corrected chi connectivity index (χ4v) is 3.50. The van der Waals surface area contributed by atoms with E-state index in [0.717, 1.165) is 0 Å². The first-order valence-corrected chi connectivity index (χ1v) is 9.82. The molecule has 0 fully saturated rings. The van der Waals surface area contributed by atoms with Crippen molar-refractivity contribution in [3.05, 3.63) is 71.8 Å². The largest absolute Gasteiger partial charge is 0.493 e. The van der Waals surface area contributed by atoms with E-state index in [0.29, 0.717) is 52.0 Å². The van der Waals surface area contributed by atoms with E-state index in [2.05, 4.69) is 5.32 Å². The lowest BCUT2D eigenvalue weighted by Crippen LogP contribution is -2.29. The molecule has 1 N–H and O–H groups in total. The minimum Gasteiger partial charge on any atom is -0.493 e. The van der Waals surface area contributed by atoms with Gasteiger partial charge in [-0.05, 0) is 55.5 Å². The molecule has 1 heterocycles. The smallest absolute Gasteiger partial charge is 0.262 e. The quantitative estimate of drug-likeness (QED) is 0.648. The Balaban J connectivity index is 1.64. The van der Waals surface area contributed by atoms with Crippen LogP contribution in [0.4, 0.5) is 11.4 Å². The summed E-state index contributed by atoms with van der Waals surface area (Å²) in [6, 6.07) is 17.3. The van der Waals surface area contributed by atoms with Crippen LogP contribution in [0.5, 0.6) is 23.0 Å². The summed E-state index contributed by atoms with van der Waals surface area (Å²) in [6.45, 7) is 2.39. The van der Waals surface area contributed by atoms with E-state index in [4.69, 9.17) is 14.2 Å². The fraction of sp³-hybridized carbons (Fsp3) is 0.167. The monoisotopic (exact) mass is 418 g/mol. The van der Waals surface area contributed by atoms with Crippen LogP contribution in [0.2, 0.25) is 0 Å². The van der Waals surface area contributed by atoms with Crippen LogP contribution in [0.1, 0.15) is 27.6 Å². The van der Waals surface area contributed by atoms with E-state index < -0.39 is 0 Å². The van der Waals surface area contributed by atoms with Gasteiger partial charge in [-0.2, -0.15) is 0 Å². The Kier molecular flexibility index (Phi) is 5.49. The summed E-state index contributed by atoms with van der Waals surface area (Å²) in [4.78, 5) is 27.6. The third kappa shape index (κ3) is 3.77. The van der Waals surface area contributed by atoms with Crippen LogP contribution in [-0.4, -0.2) is 32.6 Å². The molecule has 3 aromatic carbocycles. The number of hydrogen-bond donors (Lipinski definition) is 1. The van der Waals surface area contributed by atoms with Crippen LogP contribution in [0, 0.1) is 0 Å². The summed E-state index contributed by atoms with van der Waals surface area (Å²) in [5, 5.41) is 2.83. The number of hydrogen-bond acceptors (Lipinski definition) is 5. The molecule has 7 nitrogen and oxygen atoms in total. The minimum absolute atomic E-state index is 0.190. The minimum atomic E-state index is -0.335. The second kappa shape index (κ2) is 8.39. The maximum absolute atomic E-state index is 13.2. The first kappa shape index (κ1) is 20.3. The van der Waals surface area contributed by atoms with Gasteiger partial charge in [0, 0.05) is 17.8 Å². The highest BCUT2D eigenvalue weighted by molar-refractivity contribution is 6.11. The predicted octanol–water partition coefficient (Wildman–Crippen LogP) is 4.73. The fourth-order valence-electron chi connectivity index (χ4n) is 3.50. The van der Waals surface area contributed by atoms with Gasteiger partial charge in [-0.15, -0.1) is 0 Å². The van der Waals surface area contributed by atoms with E-state index in [1.54, 1.807) is 41.3 Å². The van der Waals surface area contributed by atoms with Crippen molar-refractivity contribution in [1.82, 2.24) is 0 Å². The third-order valence-electron chi connectivity index (χ3n) is 5.05. The lowest BCUT2D eigenvalue weighted by molar-refractivity contribution is 0.0985. The zero-order chi connectivity index (χ0) is 22.0. The van der Waals surface area contributed by atoms with Crippen molar-refractivity contribution in [1.29, 1.82) is 0 Å². The molecule has 0 unspecified atom stereocenters. The molecule has 0 bridgehead atoms. The van der Waals surface area contributed by atoms with Crippen LogP contribution in [-0.2, 0) is 0 Å². The van der Waals surface area contributed by atoms with Crippen molar-refractivity contribution in [2.75, 3.05) is 31.0 Å². The van der Waals surface area contributed by atoms with Gasteiger partial charge in [0.2, 0.25) is 0 Å². The van der Waals surface area contributed by atoms with E-state index in [1.807, 2.05) is 31.2 Å². The molecule has 0 aromatic heterocycles. The lowest BCUT2D eigenvalue weighted by Gasteiger charge is -2.19. The van der Waals surface area contributed by atoms with Gasteiger partial charge in [-0.3, -0.25) is 9.59 Å². The van der Waals surface area contributed by atoms with Crippen LogP contribution < -0.4 is 24.4 Å². The number of para-hydroxylation sites is 2. The molecule has 31 heavy (non-hydrogen) atoms. The molecule has 0 spiro atoms. The average Bonchev–Trinajstić information content (AvgIpc) is 2.92. The number of carbonyl (C=O) groups excluding carboxylic acids is 2. The highest BCUT2D eigenvalue weighted by Crippen LogP contribution is 2.39. The summed E-state index contributed by atoms with van der Waals surface area (Å²) in [5.41, 5.74) is 1.97. The maximum atomic E-state index is 13.2. The Labute approximate surface area is 180 Å². The first-order chi connectivity index (χ1) is 15.0. The van der Waals surface area contributed by atoms with Gasteiger partial charge in [0.05, 0.1) is 25.5 Å². The molecular weight excluding hydrogens is 396 g/mol. The van der Waals surface area contributed by atoms with Crippen LogP contribution in [0.3, 0.4) is 0 Å². The number of carbonyl (C=O) groups is 2. The molecule has 1 aliphatic heterocycles. The molecule has 0 atom stereocenters. The Morgan fingerprint density at radius 1 is 0.968 bits per heavy atom. The first-order valence-electron chi connectivity index (χ1n) is 9.82. The molecule has 0 aliphatic carbocycles. The van der Waals surface area contributed by atoms with Crippen molar-refractivity contribution in [2.24, 2.45) is 0 Å². The summed E-state index contributed by atoms with van der Waals surface area (Å²) in [6.07, 6.45) is 0. The van der Waals surface area contributed by atoms with E-state index in [1.165, 1.54) is 14.2 Å². The van der Waals surface area contributed by atoms with Crippen molar-refractivity contribution in [3.63, 3.8) is 0 Å². The van der Waals surface area contributed by atoms with E-state index >= 15 is 0 Å². The van der Waals surface area contributed by atoms with Crippen LogP contribution in [0.25, 0.3) is 0 Å². The van der Waals surface area contributed by atoms with Crippen LogP contribution >= 0.6 is 0 Å². The number of amides is 2. The second-order valence-corrected chi connectivity index (χ2v) is 6.85. The number of methoxy groups -OCH3 is 2. The van der Waals surface area contributed by atoms with Gasteiger partial charge < -0.3 is 24.4 Å². The zero-order valence-electron chi connectivity index (χ0n) is 17.5. The average molecular weight is 418 g/mol. The Morgan fingerprint density at radius 2 is 1.74 bits per heavy atom. The number of nitrogens with one attached hydrogen (secondary N) is 1. The van der Waals surface area contributed by atoms with Crippen molar-refractivity contribution < 1.29 is 23.8 Å². The van der Waals surface area contributed by atoms with Gasteiger partial charge >= 0.3 is 0 Å². The Morgan fingerprint density at radius 3 is 2.48 bits per heavy atom. The van der Waals surface area contributed by atoms with Gasteiger partial charge in [0.25, 0.3) is 11.8 Å². The van der Waals surface area contributed by atoms with Gasteiger partial charge in [0.1, 0.15) is 5.75 Å². The van der Waals surface area contributed by atoms with E-state index in [-0.39, 0.29) is 11.8 Å². The summed E-state index contributed by atoms with van der Waals surface area (Å²) < 4.78 is 16.5. The molecule has 7 heteroatoms. The molecule has 0 radical (unpaired) electrons. The van der Waals surface area contributed by atoms with Crippen LogP contribution in [0.15, 0.2) is 60.7 Å². The molecule has 3 aromatic rings. The maximum Gasteiger partial charge on any atom is 0.262 e. The topological polar surface area (TPSA) is 77.1 Å². The van der Waals surface area contributed by atoms with Gasteiger partial charge in [-0.1, -0.05) is 12.1 Å². The summed E-state index contributed by atoms with van der Waals surface area (Å²) in [7, 11) is 3.04. The lowest BCUT2D eigenvalue weighted by atomic mass is 10.1. The normalized spacial score (nSPS) is 12.2. The second-order valence-electron chi connectivity index (χ2n) is 6.85. The Hall–Kier alpha value is -4.00. The molecular formula is C24H22N2O5. The molecule has 1 aliphatic rings. The third-order valence-corrected chi connectivity index (χ3v) is 5.05. The van der Waals surface area contributed by atoms with Crippen molar-refractivity contribution >= 4 is 23.2 Å². The van der Waals surface area contributed by atoms with Gasteiger partial charge in [-0.25, -0.2) is 0 Å². The number of ether oxygens (including phenoxy) is 3.